The molecule has 2 aromatic rings. The highest BCUT2D eigenvalue weighted by Gasteiger charge is 2.28. The zero-order valence-corrected chi connectivity index (χ0v) is 14.3. The summed E-state index contributed by atoms with van der Waals surface area (Å²) in [4.78, 5) is 21.7. The predicted octanol–water partition coefficient (Wildman–Crippen LogP) is 1.85. The first-order valence-electron chi connectivity index (χ1n) is 8.54. The average Bonchev–Trinajstić information content (AvgIpc) is 3.01. The molecule has 1 saturated carbocycles. The Morgan fingerprint density at radius 1 is 1.13 bits per heavy atom. The van der Waals surface area contributed by atoms with E-state index >= 15 is 0 Å². The molecule has 7 heteroatoms. The van der Waals surface area contributed by atoms with Gasteiger partial charge in [0.1, 0.15) is 0 Å². The Kier molecular flexibility index (Phi) is 4.07. The van der Waals surface area contributed by atoms with Gasteiger partial charge in [-0.2, -0.15) is 4.52 Å². The fourth-order valence-electron chi connectivity index (χ4n) is 3.75. The first-order valence-corrected chi connectivity index (χ1v) is 9.36. The van der Waals surface area contributed by atoms with Gasteiger partial charge in [-0.15, -0.1) is 5.10 Å². The maximum atomic E-state index is 11.8. The standard InChI is InChI=1S/C16H23N5OS/c1-12-2-4-13(5-3-12)19-8-10-20(11-9-19)16-18-21-14(22)6-7-17-15(21)23-16/h6-7,12-13H,2-5,8-11H2,1H3. The highest BCUT2D eigenvalue weighted by Crippen LogP contribution is 2.29. The Labute approximate surface area is 139 Å². The van der Waals surface area contributed by atoms with Crippen molar-refractivity contribution in [3.05, 3.63) is 22.6 Å². The van der Waals surface area contributed by atoms with E-state index < -0.39 is 0 Å². The van der Waals surface area contributed by atoms with E-state index in [-0.39, 0.29) is 5.56 Å². The summed E-state index contributed by atoms with van der Waals surface area (Å²) in [6.45, 7) is 6.53. The molecule has 0 atom stereocenters. The molecule has 0 aromatic carbocycles. The second kappa shape index (κ2) is 6.20. The van der Waals surface area contributed by atoms with Gasteiger partial charge < -0.3 is 4.90 Å². The van der Waals surface area contributed by atoms with Crippen LogP contribution in [0.15, 0.2) is 17.1 Å². The third kappa shape index (κ3) is 2.99. The normalized spacial score (nSPS) is 26.7. The molecule has 4 rings (SSSR count). The molecular weight excluding hydrogens is 310 g/mol. The molecule has 6 nitrogen and oxygen atoms in total. The number of anilines is 1. The van der Waals surface area contributed by atoms with Crippen molar-refractivity contribution in [2.24, 2.45) is 5.92 Å². The Balaban J connectivity index is 1.42. The van der Waals surface area contributed by atoms with Crippen molar-refractivity contribution in [2.75, 3.05) is 31.1 Å². The van der Waals surface area contributed by atoms with E-state index in [1.807, 2.05) is 0 Å². The van der Waals surface area contributed by atoms with E-state index in [4.69, 9.17) is 0 Å². The van der Waals surface area contributed by atoms with E-state index in [9.17, 15) is 4.79 Å². The van der Waals surface area contributed by atoms with Crippen LogP contribution in [0.2, 0.25) is 0 Å². The number of rotatable bonds is 2. The van der Waals surface area contributed by atoms with Gasteiger partial charge in [-0.05, 0) is 31.6 Å². The van der Waals surface area contributed by atoms with Crippen LogP contribution in [-0.2, 0) is 0 Å². The number of nitrogens with zero attached hydrogens (tertiary/aromatic N) is 5. The molecule has 1 aliphatic carbocycles. The molecule has 0 spiro atoms. The van der Waals surface area contributed by atoms with Gasteiger partial charge in [0, 0.05) is 44.5 Å². The van der Waals surface area contributed by atoms with Gasteiger partial charge in [-0.25, -0.2) is 4.98 Å². The van der Waals surface area contributed by atoms with Crippen molar-refractivity contribution in [2.45, 2.75) is 38.6 Å². The Morgan fingerprint density at radius 2 is 1.87 bits per heavy atom. The zero-order chi connectivity index (χ0) is 15.8. The lowest BCUT2D eigenvalue weighted by molar-refractivity contribution is 0.133. The largest absolute Gasteiger partial charge is 0.344 e. The van der Waals surface area contributed by atoms with Crippen molar-refractivity contribution in [3.63, 3.8) is 0 Å². The van der Waals surface area contributed by atoms with Crippen LogP contribution in [0.1, 0.15) is 32.6 Å². The average molecular weight is 333 g/mol. The fraction of sp³-hybridized carbons (Fsp3) is 0.688. The van der Waals surface area contributed by atoms with Crippen LogP contribution in [0.3, 0.4) is 0 Å². The van der Waals surface area contributed by atoms with E-state index in [1.165, 1.54) is 47.6 Å². The number of hydrogen-bond donors (Lipinski definition) is 0. The summed E-state index contributed by atoms with van der Waals surface area (Å²) in [6, 6.07) is 2.23. The summed E-state index contributed by atoms with van der Waals surface area (Å²) >= 11 is 1.50. The maximum Gasteiger partial charge on any atom is 0.275 e. The van der Waals surface area contributed by atoms with Crippen LogP contribution in [0, 0.1) is 5.92 Å². The summed E-state index contributed by atoms with van der Waals surface area (Å²) in [5.74, 6) is 0.904. The van der Waals surface area contributed by atoms with Crippen molar-refractivity contribution in [3.8, 4) is 0 Å². The molecule has 0 bridgehead atoms. The minimum absolute atomic E-state index is 0.104. The second-order valence-corrected chi connectivity index (χ2v) is 7.73. The summed E-state index contributed by atoms with van der Waals surface area (Å²) in [7, 11) is 0. The molecular formula is C16H23N5OS. The smallest absolute Gasteiger partial charge is 0.275 e. The van der Waals surface area contributed by atoms with Crippen molar-refractivity contribution < 1.29 is 0 Å². The van der Waals surface area contributed by atoms with Crippen molar-refractivity contribution >= 4 is 21.4 Å². The molecule has 0 N–H and O–H groups in total. The summed E-state index contributed by atoms with van der Waals surface area (Å²) in [6.07, 6.45) is 7.00. The summed E-state index contributed by atoms with van der Waals surface area (Å²) < 4.78 is 1.41. The number of fused-ring (bicyclic) bond motifs is 1. The molecule has 3 heterocycles. The van der Waals surface area contributed by atoms with Crippen LogP contribution in [-0.4, -0.2) is 51.7 Å². The Morgan fingerprint density at radius 3 is 2.57 bits per heavy atom. The van der Waals surface area contributed by atoms with E-state index in [0.29, 0.717) is 4.96 Å². The van der Waals surface area contributed by atoms with Gasteiger partial charge in [0.25, 0.3) is 5.56 Å². The van der Waals surface area contributed by atoms with Gasteiger partial charge >= 0.3 is 0 Å². The van der Waals surface area contributed by atoms with Crippen molar-refractivity contribution in [1.82, 2.24) is 19.5 Å². The third-order valence-electron chi connectivity index (χ3n) is 5.25. The maximum absolute atomic E-state index is 11.8. The highest BCUT2D eigenvalue weighted by molar-refractivity contribution is 7.20. The number of hydrogen-bond acceptors (Lipinski definition) is 6. The molecule has 0 amide bonds. The van der Waals surface area contributed by atoms with E-state index in [0.717, 1.165) is 43.3 Å². The molecule has 2 aliphatic rings. The fourth-order valence-corrected chi connectivity index (χ4v) is 4.68. The van der Waals surface area contributed by atoms with Gasteiger partial charge in [-0.3, -0.25) is 9.69 Å². The zero-order valence-electron chi connectivity index (χ0n) is 13.5. The molecule has 0 unspecified atom stereocenters. The monoisotopic (exact) mass is 333 g/mol. The molecule has 1 saturated heterocycles. The molecule has 2 fully saturated rings. The molecule has 23 heavy (non-hydrogen) atoms. The first kappa shape index (κ1) is 15.1. The van der Waals surface area contributed by atoms with Gasteiger partial charge in [0.05, 0.1) is 0 Å². The second-order valence-electron chi connectivity index (χ2n) is 6.80. The molecule has 2 aromatic heterocycles. The van der Waals surface area contributed by atoms with E-state index in [1.54, 1.807) is 6.20 Å². The SMILES string of the molecule is CC1CCC(N2CCN(c3nn4c(=O)ccnc4s3)CC2)CC1. The van der Waals surface area contributed by atoms with Crippen LogP contribution in [0.4, 0.5) is 5.13 Å². The predicted molar refractivity (Wildman–Crippen MR) is 92.3 cm³/mol. The quantitative estimate of drug-likeness (QED) is 0.839. The Hall–Kier alpha value is -1.47. The van der Waals surface area contributed by atoms with Crippen LogP contribution in [0.5, 0.6) is 0 Å². The number of piperazine rings is 1. The lowest BCUT2D eigenvalue weighted by atomic mass is 9.86. The Bertz CT molecular complexity index is 725. The van der Waals surface area contributed by atoms with Gasteiger partial charge in [-0.1, -0.05) is 18.3 Å². The topological polar surface area (TPSA) is 53.7 Å². The third-order valence-corrected chi connectivity index (χ3v) is 6.23. The van der Waals surface area contributed by atoms with Crippen molar-refractivity contribution in [1.29, 1.82) is 0 Å². The molecule has 124 valence electrons. The summed E-state index contributed by atoms with van der Waals surface area (Å²) in [5, 5.41) is 5.37. The van der Waals surface area contributed by atoms with Gasteiger partial charge in [0.15, 0.2) is 0 Å². The lowest BCUT2D eigenvalue weighted by Crippen LogP contribution is -2.51. The highest BCUT2D eigenvalue weighted by atomic mass is 32.1. The van der Waals surface area contributed by atoms with Crippen LogP contribution >= 0.6 is 11.3 Å². The molecule has 1 aliphatic heterocycles. The summed E-state index contributed by atoms with van der Waals surface area (Å²) in [5.41, 5.74) is -0.104. The lowest BCUT2D eigenvalue weighted by Gasteiger charge is -2.41. The van der Waals surface area contributed by atoms with E-state index in [2.05, 4.69) is 26.8 Å². The first-order chi connectivity index (χ1) is 11.2. The minimum Gasteiger partial charge on any atom is -0.344 e. The van der Waals surface area contributed by atoms with Crippen LogP contribution < -0.4 is 10.5 Å². The van der Waals surface area contributed by atoms with Gasteiger partial charge in [0.2, 0.25) is 10.1 Å². The minimum atomic E-state index is -0.104. The van der Waals surface area contributed by atoms with Crippen LogP contribution in [0.25, 0.3) is 4.96 Å². The number of aromatic nitrogens is 3. The molecule has 0 radical (unpaired) electrons.